The van der Waals surface area contributed by atoms with Crippen molar-refractivity contribution in [3.8, 4) is 0 Å². The molecule has 0 aliphatic carbocycles. The lowest BCUT2D eigenvalue weighted by molar-refractivity contribution is 0.0715. The van der Waals surface area contributed by atoms with Crippen LogP contribution in [-0.4, -0.2) is 79.0 Å². The van der Waals surface area contributed by atoms with Crippen LogP contribution in [0.4, 0.5) is 0 Å². The molecule has 0 aliphatic heterocycles. The first kappa shape index (κ1) is 29.3. The van der Waals surface area contributed by atoms with Crippen molar-refractivity contribution in [3.63, 3.8) is 0 Å². The van der Waals surface area contributed by atoms with E-state index in [1.165, 1.54) is 0 Å². The zero-order valence-electron chi connectivity index (χ0n) is 18.1. The van der Waals surface area contributed by atoms with E-state index in [0.29, 0.717) is 45.4 Å². The van der Waals surface area contributed by atoms with E-state index in [2.05, 4.69) is 0 Å². The van der Waals surface area contributed by atoms with Crippen LogP contribution in [0.5, 0.6) is 0 Å². The van der Waals surface area contributed by atoms with Gasteiger partial charge in [-0.15, -0.1) is 0 Å². The molecule has 10 nitrogen and oxygen atoms in total. The van der Waals surface area contributed by atoms with Gasteiger partial charge in [0.05, 0.1) is 5.75 Å². The van der Waals surface area contributed by atoms with Crippen LogP contribution in [0.3, 0.4) is 0 Å². The Labute approximate surface area is 180 Å². The SMILES string of the molecule is CCO[Si](CCCS(=O)(=O)O)(OCC)O[Si](CCCN)(OCC)O[SiH2]CCCN. The molecule has 0 aromatic rings. The van der Waals surface area contributed by atoms with Gasteiger partial charge in [0.25, 0.3) is 10.1 Å². The summed E-state index contributed by atoms with van der Waals surface area (Å²) < 4.78 is 62.2. The van der Waals surface area contributed by atoms with E-state index in [4.69, 9.17) is 37.5 Å². The van der Waals surface area contributed by atoms with Crippen molar-refractivity contribution in [3.05, 3.63) is 0 Å². The molecule has 0 bridgehead atoms. The lowest BCUT2D eigenvalue weighted by Gasteiger charge is -2.38. The maximum absolute atomic E-state index is 11.2. The monoisotopic (exact) mass is 492 g/mol. The fourth-order valence-corrected chi connectivity index (χ4v) is 14.0. The van der Waals surface area contributed by atoms with Crippen LogP contribution in [0, 0.1) is 0 Å². The maximum Gasteiger partial charge on any atom is 0.493 e. The van der Waals surface area contributed by atoms with Crippen LogP contribution in [0.25, 0.3) is 0 Å². The van der Waals surface area contributed by atoms with Crippen molar-refractivity contribution < 1.29 is 34.5 Å². The highest BCUT2D eigenvalue weighted by atomic mass is 32.2. The van der Waals surface area contributed by atoms with Gasteiger partial charge in [-0.05, 0) is 59.2 Å². The van der Waals surface area contributed by atoms with Crippen molar-refractivity contribution >= 4 is 37.5 Å². The minimum absolute atomic E-state index is 0.156. The molecule has 1 unspecified atom stereocenters. The van der Waals surface area contributed by atoms with E-state index in [-0.39, 0.29) is 18.2 Å². The van der Waals surface area contributed by atoms with Crippen LogP contribution in [0.2, 0.25) is 18.1 Å². The first-order valence-electron chi connectivity index (χ1n) is 10.3. The third-order valence-electron chi connectivity index (χ3n) is 3.90. The number of hydrogen-bond acceptors (Lipinski definition) is 9. The molecule has 0 saturated carbocycles. The summed E-state index contributed by atoms with van der Waals surface area (Å²) in [6.45, 7) is 7.71. The van der Waals surface area contributed by atoms with E-state index in [9.17, 15) is 8.42 Å². The third kappa shape index (κ3) is 13.3. The summed E-state index contributed by atoms with van der Waals surface area (Å²) in [5.74, 6) is -0.386. The average molecular weight is 493 g/mol. The molecule has 0 rings (SSSR count). The average Bonchev–Trinajstić information content (AvgIpc) is 2.63. The topological polar surface area (TPSA) is 153 Å². The van der Waals surface area contributed by atoms with Gasteiger partial charge in [0.2, 0.25) is 0 Å². The summed E-state index contributed by atoms with van der Waals surface area (Å²) in [6.07, 6.45) is 1.71. The highest BCUT2D eigenvalue weighted by molar-refractivity contribution is 7.85. The molecule has 5 N–H and O–H groups in total. The normalized spacial score (nSPS) is 15.2. The lowest BCUT2D eigenvalue weighted by Crippen LogP contribution is -2.59. The molecule has 0 fully saturated rings. The molecule has 0 radical (unpaired) electrons. The van der Waals surface area contributed by atoms with Gasteiger partial charge in [-0.25, -0.2) is 0 Å². The minimum Gasteiger partial charge on any atom is -0.422 e. The number of rotatable bonds is 20. The van der Waals surface area contributed by atoms with Crippen molar-refractivity contribution in [1.82, 2.24) is 0 Å². The second-order valence-corrected chi connectivity index (χ2v) is 15.6. The summed E-state index contributed by atoms with van der Waals surface area (Å²) in [5, 5.41) is 0. The van der Waals surface area contributed by atoms with E-state index in [0.717, 1.165) is 12.5 Å². The molecule has 0 heterocycles. The molecule has 0 aromatic carbocycles. The van der Waals surface area contributed by atoms with Crippen LogP contribution < -0.4 is 11.5 Å². The Hall–Kier alpha value is 0.281. The first-order chi connectivity index (χ1) is 13.7. The van der Waals surface area contributed by atoms with Gasteiger partial charge in [0.15, 0.2) is 9.76 Å². The van der Waals surface area contributed by atoms with Crippen LogP contribution in [0.1, 0.15) is 40.0 Å². The van der Waals surface area contributed by atoms with Crippen molar-refractivity contribution in [1.29, 1.82) is 0 Å². The lowest BCUT2D eigenvalue weighted by atomic mass is 10.5. The van der Waals surface area contributed by atoms with Crippen LogP contribution >= 0.6 is 0 Å². The largest absolute Gasteiger partial charge is 0.493 e. The Morgan fingerprint density at radius 2 is 1.38 bits per heavy atom. The summed E-state index contributed by atoms with van der Waals surface area (Å²) in [4.78, 5) is 0. The Bertz CT molecular complexity index is 512. The zero-order chi connectivity index (χ0) is 22.2. The van der Waals surface area contributed by atoms with Crippen molar-refractivity contribution in [2.45, 2.75) is 58.2 Å². The molecule has 0 amide bonds. The summed E-state index contributed by atoms with van der Waals surface area (Å²) in [6, 6.07) is 1.69. The van der Waals surface area contributed by atoms with Crippen LogP contribution in [-0.2, 0) is 31.6 Å². The summed E-state index contributed by atoms with van der Waals surface area (Å²) in [5.41, 5.74) is 11.3. The van der Waals surface area contributed by atoms with Gasteiger partial charge in [0, 0.05) is 31.9 Å². The molecule has 0 spiro atoms. The molecule has 1 atom stereocenters. The predicted octanol–water partition coefficient (Wildman–Crippen LogP) is 0.485. The van der Waals surface area contributed by atoms with Gasteiger partial charge < -0.3 is 33.0 Å². The Kier molecular flexibility index (Phi) is 16.1. The second kappa shape index (κ2) is 16.0. The maximum atomic E-state index is 11.2. The fourth-order valence-electron chi connectivity index (χ4n) is 2.75. The molecule has 14 heteroatoms. The quantitative estimate of drug-likeness (QED) is 0.124. The van der Waals surface area contributed by atoms with E-state index >= 15 is 0 Å². The second-order valence-electron chi connectivity index (χ2n) is 6.39. The highest BCUT2D eigenvalue weighted by Gasteiger charge is 2.52. The zero-order valence-corrected chi connectivity index (χ0v) is 22.3. The fraction of sp³-hybridized carbons (Fsp3) is 1.00. The third-order valence-corrected chi connectivity index (χ3v) is 14.7. The first-order valence-corrected chi connectivity index (χ1v) is 17.4. The van der Waals surface area contributed by atoms with Gasteiger partial charge in [-0.3, -0.25) is 4.55 Å². The molecule has 0 aromatic heterocycles. The van der Waals surface area contributed by atoms with Crippen LogP contribution in [0.15, 0.2) is 0 Å². The number of hydrogen-bond donors (Lipinski definition) is 3. The van der Waals surface area contributed by atoms with Crippen molar-refractivity contribution in [2.24, 2.45) is 11.5 Å². The molecular weight excluding hydrogens is 452 g/mol. The Morgan fingerprint density at radius 1 is 0.862 bits per heavy atom. The smallest absolute Gasteiger partial charge is 0.422 e. The van der Waals surface area contributed by atoms with E-state index < -0.39 is 37.5 Å². The molecule has 0 saturated heterocycles. The Balaban J connectivity index is 5.62. The standard InChI is InChI=1S/C15H40N2O8SSi3/c1-4-21-28(22-5-2,15-9-12-26(18,19)20)25-29(23-6-3,14-8-11-17)24-27-13-7-10-16/h4-17,27H2,1-3H3,(H,18,19,20). The Morgan fingerprint density at radius 3 is 1.86 bits per heavy atom. The molecular formula is C15H40N2O8SSi3. The number of nitrogens with two attached hydrogens (primary N) is 2. The van der Waals surface area contributed by atoms with Crippen molar-refractivity contribution in [2.75, 3.05) is 38.7 Å². The molecule has 29 heavy (non-hydrogen) atoms. The van der Waals surface area contributed by atoms with Gasteiger partial charge in [-0.2, -0.15) is 8.42 Å². The summed E-state index contributed by atoms with van der Waals surface area (Å²) in [7, 11) is -11.4. The molecule has 176 valence electrons. The minimum atomic E-state index is -4.08. The highest BCUT2D eigenvalue weighted by Crippen LogP contribution is 2.28. The summed E-state index contributed by atoms with van der Waals surface area (Å²) >= 11 is 0. The van der Waals surface area contributed by atoms with Gasteiger partial charge in [-0.1, -0.05) is 0 Å². The van der Waals surface area contributed by atoms with E-state index in [1.54, 1.807) is 0 Å². The molecule has 0 aliphatic rings. The van der Waals surface area contributed by atoms with E-state index in [1.807, 2.05) is 20.8 Å². The predicted molar refractivity (Wildman–Crippen MR) is 120 cm³/mol. The van der Waals surface area contributed by atoms with Gasteiger partial charge >= 0.3 is 17.6 Å². The van der Waals surface area contributed by atoms with Gasteiger partial charge in [0.1, 0.15) is 0 Å².